The molecule has 0 N–H and O–H groups in total. The molecule has 0 spiro atoms. The molecule has 0 bridgehead atoms. The normalized spacial score (nSPS) is 13.9. The maximum Gasteiger partial charge on any atom is 0.256 e. The van der Waals surface area contributed by atoms with Gasteiger partial charge in [-0.3, -0.25) is 0 Å². The van der Waals surface area contributed by atoms with E-state index >= 15 is 0 Å². The summed E-state index contributed by atoms with van der Waals surface area (Å²) in [6, 6.07) is 148. The lowest BCUT2D eigenvalue weighted by molar-refractivity contribution is 0.488. The van der Waals surface area contributed by atoms with E-state index in [2.05, 4.69) is 519 Å². The number of hydrogen-bond acceptors (Lipinski definition) is 4. The molecule has 0 atom stereocenters. The van der Waals surface area contributed by atoms with E-state index < -0.39 is 0 Å². The van der Waals surface area contributed by atoms with Crippen LogP contribution in [0.2, 0.25) is 0 Å². The van der Waals surface area contributed by atoms with Gasteiger partial charge in [0.1, 0.15) is 11.5 Å². The predicted molar refractivity (Wildman–Crippen MR) is 590 cm³/mol. The molecular weight excluding hydrogens is 1670 g/mol. The first-order valence-electron chi connectivity index (χ1n) is 49.4. The van der Waals surface area contributed by atoms with Crippen LogP contribution in [0.5, 0.6) is 11.5 Å². The Hall–Kier alpha value is -14.9. The predicted octanol–water partition coefficient (Wildman–Crippen LogP) is 31.7. The first-order chi connectivity index (χ1) is 66.4. The third-order valence-corrected chi connectivity index (χ3v) is 30.5. The Kier molecular flexibility index (Phi) is 19.7. The largest absolute Gasteiger partial charge is 0.458 e. The Balaban J connectivity index is 0.870. The number of benzene rings is 18. The molecule has 1 aliphatic carbocycles. The summed E-state index contributed by atoms with van der Waals surface area (Å²) in [7, 11) is 0. The van der Waals surface area contributed by atoms with Gasteiger partial charge in [-0.15, -0.1) is 0 Å². The molecule has 0 saturated heterocycles. The molecule has 0 radical (unpaired) electrons. The van der Waals surface area contributed by atoms with E-state index in [4.69, 9.17) is 4.74 Å². The van der Waals surface area contributed by atoms with Gasteiger partial charge in [-0.05, 0) is 251 Å². The van der Waals surface area contributed by atoms with Crippen molar-refractivity contribution in [2.75, 3.05) is 14.7 Å². The summed E-state index contributed by atoms with van der Waals surface area (Å²) in [4.78, 5) is 8.15. The first kappa shape index (κ1) is 86.0. The van der Waals surface area contributed by atoms with Crippen LogP contribution in [0.15, 0.2) is 382 Å². The molecule has 24 rings (SSSR count). The summed E-state index contributed by atoms with van der Waals surface area (Å²) in [6.07, 6.45) is 0. The van der Waals surface area contributed by atoms with Crippen molar-refractivity contribution in [3.8, 4) is 106 Å². The molecule has 5 nitrogen and oxygen atoms in total. The van der Waals surface area contributed by atoms with Crippen molar-refractivity contribution in [1.29, 1.82) is 0 Å². The van der Waals surface area contributed by atoms with Crippen LogP contribution in [0.25, 0.3) is 117 Å². The molecule has 0 saturated carbocycles. The zero-order valence-electron chi connectivity index (χ0n) is 82.2. The van der Waals surface area contributed by atoms with E-state index in [1.54, 1.807) is 0 Å². The van der Waals surface area contributed by atoms with E-state index in [1.165, 1.54) is 88.3 Å². The number of nitrogens with zero attached hydrogens (tertiary/aromatic N) is 4. The zero-order chi connectivity index (χ0) is 94.7. The zero-order valence-corrected chi connectivity index (χ0v) is 82.2. The second kappa shape index (κ2) is 31.6. The van der Waals surface area contributed by atoms with Crippen LogP contribution in [0.1, 0.15) is 157 Å². The lowest BCUT2D eigenvalue weighted by atomic mass is 9.30. The maximum atomic E-state index is 8.52. The van der Waals surface area contributed by atoms with Gasteiger partial charge in [-0.2, -0.15) is 0 Å². The van der Waals surface area contributed by atoms with Gasteiger partial charge in [0.05, 0.1) is 33.8 Å². The summed E-state index contributed by atoms with van der Waals surface area (Å²) in [5.74, 6) is 1.63. The number of aromatic nitrogens is 1. The highest BCUT2D eigenvalue weighted by molar-refractivity contribution is 7.02. The van der Waals surface area contributed by atoms with Crippen LogP contribution in [0.3, 0.4) is 0 Å². The van der Waals surface area contributed by atoms with Gasteiger partial charge in [-0.1, -0.05) is 397 Å². The molecule has 138 heavy (non-hydrogen) atoms. The second-order valence-electron chi connectivity index (χ2n) is 44.7. The van der Waals surface area contributed by atoms with Gasteiger partial charge in [0.15, 0.2) is 0 Å². The number of anilines is 9. The Morgan fingerprint density at radius 3 is 0.971 bits per heavy atom. The molecule has 0 unspecified atom stereocenters. The van der Waals surface area contributed by atoms with Crippen LogP contribution in [-0.4, -0.2) is 18.0 Å². The Bertz CT molecular complexity index is 7950. The fourth-order valence-electron chi connectivity index (χ4n) is 23.4. The molecule has 19 aromatic rings. The standard InChI is InChI=1S/C131H114B2N4O/c1-126(2,3)88-63-65-110-103(69-88)104-70-89(127(4,5)6)64-66-111(104)134(110)93-77-116-121-117(78-93)137(125-101(85-51-32-22-33-52-85)75-92(130(13,14)15)76-102(125)86-53-34-23-35-54-86)114-80-118-109(79-108(114)132(121)106-59-38-40-61-112(106)136(116)124-99(83-47-28-20-29-48-83)73-91(129(10,11)12)74-100(124)84-49-30-21-31-50-84)133-107-60-39-41-62-113(107)135(123-97(81-43-24-18-25-44-81)71-90(128(7,8)9)72-98(123)82-45-26-19-27-46-82)115-67-87(68-119(138-118)122(115)133)94-56-42-57-96-95-55-36-37-58-105(95)131(16,17)120(94)96/h18-80H,1-17H3. The summed E-state index contributed by atoms with van der Waals surface area (Å²) in [5.41, 5.74) is 46.2. The molecule has 5 aliphatic rings. The van der Waals surface area contributed by atoms with Crippen molar-refractivity contribution < 1.29 is 4.74 Å². The van der Waals surface area contributed by atoms with Crippen LogP contribution in [-0.2, 0) is 32.5 Å². The summed E-state index contributed by atoms with van der Waals surface area (Å²) in [5, 5.41) is 2.45. The topological polar surface area (TPSA) is 23.9 Å². The fraction of sp³-hybridized carbons (Fsp3) is 0.176. The highest BCUT2D eigenvalue weighted by Gasteiger charge is 2.51. The summed E-state index contributed by atoms with van der Waals surface area (Å²) >= 11 is 0. The lowest BCUT2D eigenvalue weighted by Gasteiger charge is -2.47. The number of para-hydroxylation sites is 2. The van der Waals surface area contributed by atoms with Crippen molar-refractivity contribution in [1.82, 2.24) is 4.57 Å². The Morgan fingerprint density at radius 1 is 0.232 bits per heavy atom. The molecule has 1 aromatic heterocycles. The lowest BCUT2D eigenvalue weighted by Crippen LogP contribution is -2.64. The van der Waals surface area contributed by atoms with Crippen LogP contribution >= 0.6 is 0 Å². The van der Waals surface area contributed by atoms with E-state index in [0.29, 0.717) is 0 Å². The van der Waals surface area contributed by atoms with Crippen LogP contribution < -0.4 is 52.2 Å². The number of fused-ring (bicyclic) bond motifs is 14. The molecule has 0 fully saturated rings. The Labute approximate surface area is 815 Å². The number of rotatable bonds is 11. The highest BCUT2D eigenvalue weighted by Crippen LogP contribution is 2.60. The van der Waals surface area contributed by atoms with Gasteiger partial charge in [0, 0.05) is 89.8 Å². The smallest absolute Gasteiger partial charge is 0.256 e. The quantitative estimate of drug-likeness (QED) is 0.120. The van der Waals surface area contributed by atoms with Gasteiger partial charge < -0.3 is 24.0 Å². The van der Waals surface area contributed by atoms with Crippen molar-refractivity contribution in [3.05, 3.63) is 421 Å². The molecule has 670 valence electrons. The summed E-state index contributed by atoms with van der Waals surface area (Å²) < 4.78 is 11.1. The average molecular weight is 1780 g/mol. The molecular formula is C131H114B2N4O. The molecule has 4 aliphatic heterocycles. The van der Waals surface area contributed by atoms with Gasteiger partial charge >= 0.3 is 0 Å². The third kappa shape index (κ3) is 13.8. The molecule has 5 heterocycles. The van der Waals surface area contributed by atoms with Crippen molar-refractivity contribution in [2.24, 2.45) is 0 Å². The second-order valence-corrected chi connectivity index (χ2v) is 44.7. The third-order valence-electron chi connectivity index (χ3n) is 30.5. The van der Waals surface area contributed by atoms with Crippen molar-refractivity contribution in [3.63, 3.8) is 0 Å². The van der Waals surface area contributed by atoms with Crippen molar-refractivity contribution >= 4 is 119 Å². The van der Waals surface area contributed by atoms with E-state index in [-0.39, 0.29) is 45.9 Å². The minimum Gasteiger partial charge on any atom is -0.458 e. The number of ether oxygens (including phenoxy) is 1. The maximum absolute atomic E-state index is 8.52. The van der Waals surface area contributed by atoms with E-state index in [0.717, 1.165) is 163 Å². The summed E-state index contributed by atoms with van der Waals surface area (Å²) in [6.45, 7) is 39.5. The Morgan fingerprint density at radius 2 is 0.572 bits per heavy atom. The monoisotopic (exact) mass is 1780 g/mol. The van der Waals surface area contributed by atoms with E-state index in [1.807, 2.05) is 0 Å². The SMILES string of the molecule is CC(C)(C)c1cc(-c2ccccc2)c(N2c3ccccc3B3c4cc5c(cc4Oc4cc(-c6cccc7c6C(C)(C)c6ccccc6-7)cc2c43)N(c2c(-c3ccccc3)cc(C(C)(C)C)cc2-c2ccccc2)c2cc(-n3c4ccc(C(C)(C)C)cc4c4cc(C(C)(C)C)ccc43)cc3c2B5c2ccccc2N3c2c(-c3ccccc3)cc(C(C)(C)C)cc2-c2ccccc2)c(-c2ccccc2)c1. The minimum absolute atomic E-state index is 0.136. The minimum atomic E-state index is -0.382. The average Bonchev–Trinajstić information content (AvgIpc) is 0.754. The van der Waals surface area contributed by atoms with Crippen molar-refractivity contribution in [2.45, 2.75) is 150 Å². The van der Waals surface area contributed by atoms with E-state index in [9.17, 15) is 0 Å². The van der Waals surface area contributed by atoms with Crippen LogP contribution in [0, 0.1) is 0 Å². The van der Waals surface area contributed by atoms with Crippen LogP contribution in [0.4, 0.5) is 51.2 Å². The fourth-order valence-corrected chi connectivity index (χ4v) is 23.4. The highest BCUT2D eigenvalue weighted by atomic mass is 16.5. The van der Waals surface area contributed by atoms with Gasteiger partial charge in [0.2, 0.25) is 0 Å². The molecule has 18 aromatic carbocycles. The number of hydrogen-bond donors (Lipinski definition) is 0. The van der Waals surface area contributed by atoms with Gasteiger partial charge in [0.25, 0.3) is 13.4 Å². The first-order valence-corrected chi connectivity index (χ1v) is 49.4. The van der Waals surface area contributed by atoms with Gasteiger partial charge in [-0.25, -0.2) is 0 Å². The molecule has 0 amide bonds. The molecule has 7 heteroatoms.